The summed E-state index contributed by atoms with van der Waals surface area (Å²) in [6, 6.07) is 13.8. The zero-order chi connectivity index (χ0) is 18.5. The van der Waals surface area contributed by atoms with Gasteiger partial charge in [0.05, 0.1) is 0 Å². The van der Waals surface area contributed by atoms with Gasteiger partial charge in [0.15, 0.2) is 12.1 Å². The molecular formula is C20H16ClFN2O2. The van der Waals surface area contributed by atoms with Crippen LogP contribution in [0.25, 0.3) is 0 Å². The lowest BCUT2D eigenvalue weighted by Gasteiger charge is -2.14. The highest BCUT2D eigenvalue weighted by atomic mass is 35.5. The van der Waals surface area contributed by atoms with E-state index < -0.39 is 0 Å². The fraction of sp³-hybridized carbons (Fsp3) is 0.150. The number of hydrogen-bond acceptors (Lipinski definition) is 4. The van der Waals surface area contributed by atoms with Crippen LogP contribution in [0.3, 0.4) is 0 Å². The standard InChI is InChI=1S/C20H16ClFN2O2/c1-13-16(10-14-6-2-4-8-17(14)21)20(24-19(11-25)23-13)26-12-15-7-3-5-9-18(15)22/h2-9,11H,10,12H2,1H3. The Morgan fingerprint density at radius 3 is 2.46 bits per heavy atom. The van der Waals surface area contributed by atoms with Gasteiger partial charge in [-0.15, -0.1) is 0 Å². The average Bonchev–Trinajstić information content (AvgIpc) is 2.64. The minimum atomic E-state index is -0.360. The number of aldehydes is 1. The highest BCUT2D eigenvalue weighted by molar-refractivity contribution is 6.31. The highest BCUT2D eigenvalue weighted by Gasteiger charge is 2.15. The summed E-state index contributed by atoms with van der Waals surface area (Å²) in [4.78, 5) is 19.4. The van der Waals surface area contributed by atoms with Gasteiger partial charge in [-0.05, 0) is 24.6 Å². The van der Waals surface area contributed by atoms with Gasteiger partial charge in [-0.3, -0.25) is 4.79 Å². The molecular weight excluding hydrogens is 355 g/mol. The Balaban J connectivity index is 1.94. The number of nitrogens with zero attached hydrogens (tertiary/aromatic N) is 2. The quantitative estimate of drug-likeness (QED) is 0.597. The van der Waals surface area contributed by atoms with Gasteiger partial charge in [0, 0.05) is 28.3 Å². The molecule has 0 N–H and O–H groups in total. The molecule has 0 atom stereocenters. The second-order valence-electron chi connectivity index (χ2n) is 5.72. The average molecular weight is 371 g/mol. The zero-order valence-electron chi connectivity index (χ0n) is 14.1. The topological polar surface area (TPSA) is 52.1 Å². The van der Waals surface area contributed by atoms with E-state index in [2.05, 4.69) is 9.97 Å². The molecule has 4 nitrogen and oxygen atoms in total. The predicted molar refractivity (Wildman–Crippen MR) is 97.1 cm³/mol. The van der Waals surface area contributed by atoms with E-state index in [1.807, 2.05) is 18.2 Å². The van der Waals surface area contributed by atoms with E-state index in [0.717, 1.165) is 5.56 Å². The molecule has 0 saturated carbocycles. The first-order chi connectivity index (χ1) is 12.6. The lowest BCUT2D eigenvalue weighted by molar-refractivity contribution is 0.111. The maximum Gasteiger partial charge on any atom is 0.221 e. The van der Waals surface area contributed by atoms with E-state index in [1.165, 1.54) is 6.07 Å². The lowest BCUT2D eigenvalue weighted by atomic mass is 10.0. The molecule has 0 radical (unpaired) electrons. The molecule has 1 aromatic heterocycles. The van der Waals surface area contributed by atoms with Crippen molar-refractivity contribution in [3.63, 3.8) is 0 Å². The minimum Gasteiger partial charge on any atom is -0.472 e. The van der Waals surface area contributed by atoms with Gasteiger partial charge < -0.3 is 4.74 Å². The molecule has 0 saturated heterocycles. The Bertz CT molecular complexity index is 947. The smallest absolute Gasteiger partial charge is 0.221 e. The van der Waals surface area contributed by atoms with Crippen LogP contribution < -0.4 is 4.74 Å². The van der Waals surface area contributed by atoms with Gasteiger partial charge in [-0.2, -0.15) is 4.98 Å². The molecule has 6 heteroatoms. The van der Waals surface area contributed by atoms with Crippen LogP contribution in [0, 0.1) is 12.7 Å². The van der Waals surface area contributed by atoms with Gasteiger partial charge in [0.2, 0.25) is 5.88 Å². The zero-order valence-corrected chi connectivity index (χ0v) is 14.8. The second-order valence-corrected chi connectivity index (χ2v) is 6.12. The van der Waals surface area contributed by atoms with E-state index in [0.29, 0.717) is 34.6 Å². The fourth-order valence-corrected chi connectivity index (χ4v) is 2.76. The third kappa shape index (κ3) is 4.06. The third-order valence-electron chi connectivity index (χ3n) is 3.95. The van der Waals surface area contributed by atoms with Crippen molar-refractivity contribution < 1.29 is 13.9 Å². The number of carbonyl (C=O) groups is 1. The van der Waals surface area contributed by atoms with Crippen molar-refractivity contribution in [2.24, 2.45) is 0 Å². The first-order valence-corrected chi connectivity index (χ1v) is 8.38. The lowest BCUT2D eigenvalue weighted by Crippen LogP contribution is -2.09. The summed E-state index contributed by atoms with van der Waals surface area (Å²) in [7, 11) is 0. The molecule has 1 heterocycles. The van der Waals surface area contributed by atoms with Crippen LogP contribution in [0.2, 0.25) is 5.02 Å². The molecule has 0 fully saturated rings. The molecule has 26 heavy (non-hydrogen) atoms. The van der Waals surface area contributed by atoms with Crippen molar-refractivity contribution in [1.29, 1.82) is 0 Å². The number of aryl methyl sites for hydroxylation is 1. The van der Waals surface area contributed by atoms with Crippen molar-refractivity contribution in [3.05, 3.63) is 87.6 Å². The number of carbonyl (C=O) groups excluding carboxylic acids is 1. The Hall–Kier alpha value is -2.79. The van der Waals surface area contributed by atoms with Crippen molar-refractivity contribution in [2.75, 3.05) is 0 Å². The van der Waals surface area contributed by atoms with Crippen molar-refractivity contribution in [1.82, 2.24) is 9.97 Å². The first kappa shape index (κ1) is 18.0. The van der Waals surface area contributed by atoms with Crippen LogP contribution in [-0.4, -0.2) is 16.3 Å². The monoisotopic (exact) mass is 370 g/mol. The predicted octanol–water partition coefficient (Wildman–Crippen LogP) is 4.56. The largest absolute Gasteiger partial charge is 0.472 e. The Kier molecular flexibility index (Phi) is 5.58. The number of ether oxygens (including phenoxy) is 1. The van der Waals surface area contributed by atoms with Crippen LogP contribution in [0.4, 0.5) is 4.39 Å². The summed E-state index contributed by atoms with van der Waals surface area (Å²) >= 11 is 6.24. The normalized spacial score (nSPS) is 10.6. The number of halogens is 2. The molecule has 0 aliphatic rings. The number of hydrogen-bond donors (Lipinski definition) is 0. The van der Waals surface area contributed by atoms with E-state index in [1.54, 1.807) is 31.2 Å². The maximum absolute atomic E-state index is 13.8. The first-order valence-electron chi connectivity index (χ1n) is 8.00. The minimum absolute atomic E-state index is 0.00303. The number of rotatable bonds is 6. The molecule has 3 rings (SSSR count). The van der Waals surface area contributed by atoms with E-state index in [9.17, 15) is 9.18 Å². The van der Waals surface area contributed by atoms with Crippen molar-refractivity contribution >= 4 is 17.9 Å². The summed E-state index contributed by atoms with van der Waals surface area (Å²) in [6.45, 7) is 1.77. The summed E-state index contributed by atoms with van der Waals surface area (Å²) in [5.41, 5.74) is 2.61. The summed E-state index contributed by atoms with van der Waals surface area (Å²) in [5, 5.41) is 0.617. The van der Waals surface area contributed by atoms with E-state index in [-0.39, 0.29) is 24.1 Å². The molecule has 0 bridgehead atoms. The van der Waals surface area contributed by atoms with E-state index in [4.69, 9.17) is 16.3 Å². The molecule has 3 aromatic rings. The fourth-order valence-electron chi connectivity index (χ4n) is 2.56. The van der Waals surface area contributed by atoms with Crippen LogP contribution >= 0.6 is 11.6 Å². The Labute approximate surface area is 155 Å². The maximum atomic E-state index is 13.8. The van der Waals surface area contributed by atoms with Gasteiger partial charge in [-0.25, -0.2) is 9.37 Å². The highest BCUT2D eigenvalue weighted by Crippen LogP contribution is 2.26. The van der Waals surface area contributed by atoms with Gasteiger partial charge in [-0.1, -0.05) is 48.0 Å². The third-order valence-corrected chi connectivity index (χ3v) is 4.31. The van der Waals surface area contributed by atoms with Gasteiger partial charge in [0.25, 0.3) is 0 Å². The molecule has 132 valence electrons. The summed E-state index contributed by atoms with van der Waals surface area (Å²) < 4.78 is 19.6. The Morgan fingerprint density at radius 1 is 1.08 bits per heavy atom. The Morgan fingerprint density at radius 2 is 1.77 bits per heavy atom. The summed E-state index contributed by atoms with van der Waals surface area (Å²) in [6.07, 6.45) is 0.999. The van der Waals surface area contributed by atoms with Gasteiger partial charge >= 0.3 is 0 Å². The van der Waals surface area contributed by atoms with Crippen LogP contribution in [-0.2, 0) is 13.0 Å². The number of aromatic nitrogens is 2. The van der Waals surface area contributed by atoms with Gasteiger partial charge in [0.1, 0.15) is 12.4 Å². The molecule has 0 unspecified atom stereocenters. The van der Waals surface area contributed by atoms with E-state index >= 15 is 0 Å². The van der Waals surface area contributed by atoms with Crippen LogP contribution in [0.1, 0.15) is 33.0 Å². The SMILES string of the molecule is Cc1nc(C=O)nc(OCc2ccccc2F)c1Cc1ccccc1Cl. The summed E-state index contributed by atoms with van der Waals surface area (Å²) in [5.74, 6) is -0.0849. The number of benzene rings is 2. The molecule has 2 aromatic carbocycles. The van der Waals surface area contributed by atoms with Crippen LogP contribution in [0.15, 0.2) is 48.5 Å². The molecule has 0 aliphatic carbocycles. The molecule has 0 aliphatic heterocycles. The van der Waals surface area contributed by atoms with Crippen molar-refractivity contribution in [2.45, 2.75) is 20.0 Å². The van der Waals surface area contributed by atoms with Crippen LogP contribution in [0.5, 0.6) is 5.88 Å². The van der Waals surface area contributed by atoms with Crippen molar-refractivity contribution in [3.8, 4) is 5.88 Å². The molecule has 0 spiro atoms. The molecule has 0 amide bonds. The second kappa shape index (κ2) is 8.06.